The lowest BCUT2D eigenvalue weighted by molar-refractivity contribution is 0.100. The summed E-state index contributed by atoms with van der Waals surface area (Å²) in [4.78, 5) is 0. The van der Waals surface area contributed by atoms with Crippen molar-refractivity contribution in [2.24, 2.45) is 5.92 Å². The lowest BCUT2D eigenvalue weighted by Gasteiger charge is -2.08. The molecule has 1 N–H and O–H groups in total. The Balaban J connectivity index is 2.51. The molecular formula is C14H27N3O. The van der Waals surface area contributed by atoms with Gasteiger partial charge >= 0.3 is 0 Å². The Morgan fingerprint density at radius 1 is 1.33 bits per heavy atom. The molecule has 0 atom stereocenters. The Hall–Kier alpha value is -0.870. The molecule has 0 fully saturated rings. The first kappa shape index (κ1) is 15.2. The molecule has 1 rings (SSSR count). The van der Waals surface area contributed by atoms with Crippen molar-refractivity contribution in [3.63, 3.8) is 0 Å². The van der Waals surface area contributed by atoms with Gasteiger partial charge in [-0.05, 0) is 45.3 Å². The second kappa shape index (κ2) is 7.54. The summed E-state index contributed by atoms with van der Waals surface area (Å²) in [6.45, 7) is 12.0. The van der Waals surface area contributed by atoms with Crippen LogP contribution in [0.15, 0.2) is 0 Å². The van der Waals surface area contributed by atoms with Crippen molar-refractivity contribution in [3.05, 3.63) is 17.0 Å². The van der Waals surface area contributed by atoms with Crippen LogP contribution in [0.1, 0.15) is 30.8 Å². The number of hydrogen-bond acceptors (Lipinski definition) is 3. The Morgan fingerprint density at radius 2 is 2.06 bits per heavy atom. The van der Waals surface area contributed by atoms with Crippen molar-refractivity contribution in [1.82, 2.24) is 15.1 Å². The van der Waals surface area contributed by atoms with Crippen LogP contribution < -0.4 is 5.32 Å². The molecule has 4 heteroatoms. The molecule has 0 radical (unpaired) electrons. The first-order valence-corrected chi connectivity index (χ1v) is 6.81. The first-order chi connectivity index (χ1) is 8.56. The normalized spacial score (nSPS) is 11.4. The van der Waals surface area contributed by atoms with E-state index in [0.29, 0.717) is 5.92 Å². The minimum atomic E-state index is 0.594. The first-order valence-electron chi connectivity index (χ1n) is 6.81. The molecule has 1 aromatic rings. The highest BCUT2D eigenvalue weighted by atomic mass is 16.5. The van der Waals surface area contributed by atoms with Gasteiger partial charge in [-0.2, -0.15) is 5.10 Å². The molecule has 1 heterocycles. The quantitative estimate of drug-likeness (QED) is 0.720. The van der Waals surface area contributed by atoms with Gasteiger partial charge in [0, 0.05) is 12.3 Å². The average Bonchev–Trinajstić information content (AvgIpc) is 2.58. The Kier molecular flexibility index (Phi) is 6.36. The van der Waals surface area contributed by atoms with Crippen molar-refractivity contribution in [2.75, 3.05) is 26.8 Å². The molecule has 0 spiro atoms. The van der Waals surface area contributed by atoms with Crippen molar-refractivity contribution in [1.29, 1.82) is 0 Å². The van der Waals surface area contributed by atoms with E-state index in [-0.39, 0.29) is 0 Å². The fourth-order valence-electron chi connectivity index (χ4n) is 2.03. The number of ether oxygens (including phenoxy) is 1. The van der Waals surface area contributed by atoms with Crippen LogP contribution >= 0.6 is 0 Å². The average molecular weight is 253 g/mol. The third-order valence-corrected chi connectivity index (χ3v) is 3.05. The van der Waals surface area contributed by atoms with Gasteiger partial charge in [0.15, 0.2) is 0 Å². The molecule has 0 unspecified atom stereocenters. The predicted molar refractivity (Wildman–Crippen MR) is 75.0 cm³/mol. The fraction of sp³-hybridized carbons (Fsp3) is 0.786. The molecule has 0 bridgehead atoms. The maximum Gasteiger partial charge on any atom is 0.0662 e. The second-order valence-corrected chi connectivity index (χ2v) is 5.19. The van der Waals surface area contributed by atoms with Gasteiger partial charge in [0.05, 0.1) is 18.8 Å². The summed E-state index contributed by atoms with van der Waals surface area (Å²) in [5.74, 6) is 0.594. The van der Waals surface area contributed by atoms with Crippen LogP contribution in [0.2, 0.25) is 0 Å². The molecule has 0 saturated heterocycles. The third-order valence-electron chi connectivity index (χ3n) is 3.05. The SMILES string of the molecule is CNCCc1c(C)nn(CCOCC(C)C)c1C. The van der Waals surface area contributed by atoms with Crippen LogP contribution in [0.4, 0.5) is 0 Å². The summed E-state index contributed by atoms with van der Waals surface area (Å²) in [5, 5.41) is 7.77. The summed E-state index contributed by atoms with van der Waals surface area (Å²) in [6.07, 6.45) is 1.04. The van der Waals surface area contributed by atoms with Crippen LogP contribution in [0.25, 0.3) is 0 Å². The van der Waals surface area contributed by atoms with Gasteiger partial charge in [0.2, 0.25) is 0 Å². The molecule has 0 aromatic carbocycles. The molecule has 4 nitrogen and oxygen atoms in total. The van der Waals surface area contributed by atoms with Crippen molar-refractivity contribution in [2.45, 2.75) is 40.7 Å². The van der Waals surface area contributed by atoms with E-state index in [1.54, 1.807) is 0 Å². The summed E-state index contributed by atoms with van der Waals surface area (Å²) in [6, 6.07) is 0. The van der Waals surface area contributed by atoms with E-state index in [4.69, 9.17) is 4.74 Å². The van der Waals surface area contributed by atoms with E-state index >= 15 is 0 Å². The number of rotatable bonds is 8. The maximum absolute atomic E-state index is 5.61. The van der Waals surface area contributed by atoms with E-state index in [9.17, 15) is 0 Å². The summed E-state index contributed by atoms with van der Waals surface area (Å²) < 4.78 is 7.68. The van der Waals surface area contributed by atoms with Crippen molar-refractivity contribution in [3.8, 4) is 0 Å². The van der Waals surface area contributed by atoms with Crippen molar-refractivity contribution < 1.29 is 4.74 Å². The van der Waals surface area contributed by atoms with Crippen LogP contribution in [0.3, 0.4) is 0 Å². The monoisotopic (exact) mass is 253 g/mol. The van der Waals surface area contributed by atoms with Crippen LogP contribution in [-0.4, -0.2) is 36.6 Å². The highest BCUT2D eigenvalue weighted by molar-refractivity contribution is 5.24. The predicted octanol–water partition coefficient (Wildman–Crippen LogP) is 1.93. The molecule has 0 amide bonds. The van der Waals surface area contributed by atoms with E-state index < -0.39 is 0 Å². The zero-order valence-corrected chi connectivity index (χ0v) is 12.4. The van der Waals surface area contributed by atoms with Gasteiger partial charge in [-0.3, -0.25) is 4.68 Å². The molecule has 104 valence electrons. The van der Waals surface area contributed by atoms with Gasteiger partial charge in [-0.15, -0.1) is 0 Å². The number of hydrogen-bond donors (Lipinski definition) is 1. The fourth-order valence-corrected chi connectivity index (χ4v) is 2.03. The minimum Gasteiger partial charge on any atom is -0.379 e. The number of aryl methyl sites for hydroxylation is 1. The van der Waals surface area contributed by atoms with Gasteiger partial charge in [0.1, 0.15) is 0 Å². The summed E-state index contributed by atoms with van der Waals surface area (Å²) in [5.41, 5.74) is 3.79. The van der Waals surface area contributed by atoms with Crippen LogP contribution in [0, 0.1) is 19.8 Å². The van der Waals surface area contributed by atoms with Gasteiger partial charge < -0.3 is 10.1 Å². The van der Waals surface area contributed by atoms with Gasteiger partial charge in [-0.1, -0.05) is 13.8 Å². The van der Waals surface area contributed by atoms with E-state index in [1.165, 1.54) is 11.3 Å². The lowest BCUT2D eigenvalue weighted by Crippen LogP contribution is -2.13. The standard InChI is InChI=1S/C14H27N3O/c1-11(2)10-18-9-8-17-13(4)14(6-7-15-5)12(3)16-17/h11,15H,6-10H2,1-5H3. The highest BCUT2D eigenvalue weighted by Crippen LogP contribution is 2.13. The zero-order chi connectivity index (χ0) is 13.5. The maximum atomic E-state index is 5.61. The van der Waals surface area contributed by atoms with Gasteiger partial charge in [-0.25, -0.2) is 0 Å². The van der Waals surface area contributed by atoms with E-state index in [2.05, 4.69) is 42.8 Å². The minimum absolute atomic E-state index is 0.594. The van der Waals surface area contributed by atoms with E-state index in [0.717, 1.165) is 38.4 Å². The number of nitrogens with zero attached hydrogens (tertiary/aromatic N) is 2. The Bertz CT molecular complexity index is 358. The number of nitrogens with one attached hydrogen (secondary N) is 1. The Labute approximate surface area is 111 Å². The highest BCUT2D eigenvalue weighted by Gasteiger charge is 2.10. The third kappa shape index (κ3) is 4.42. The number of likely N-dealkylation sites (N-methyl/N-ethyl adjacent to an activating group) is 1. The molecule has 0 saturated carbocycles. The molecule has 0 aliphatic carbocycles. The van der Waals surface area contributed by atoms with Crippen molar-refractivity contribution >= 4 is 0 Å². The van der Waals surface area contributed by atoms with Gasteiger partial charge in [0.25, 0.3) is 0 Å². The summed E-state index contributed by atoms with van der Waals surface area (Å²) >= 11 is 0. The zero-order valence-electron chi connectivity index (χ0n) is 12.4. The molecule has 18 heavy (non-hydrogen) atoms. The second-order valence-electron chi connectivity index (χ2n) is 5.19. The molecule has 0 aliphatic rings. The number of aromatic nitrogens is 2. The van der Waals surface area contributed by atoms with Crippen LogP contribution in [0.5, 0.6) is 0 Å². The largest absolute Gasteiger partial charge is 0.379 e. The smallest absolute Gasteiger partial charge is 0.0662 e. The molecular weight excluding hydrogens is 226 g/mol. The van der Waals surface area contributed by atoms with E-state index in [1.807, 2.05) is 7.05 Å². The molecule has 1 aromatic heterocycles. The molecule has 0 aliphatic heterocycles. The lowest BCUT2D eigenvalue weighted by atomic mass is 10.1. The van der Waals surface area contributed by atoms with Crippen LogP contribution in [-0.2, 0) is 17.7 Å². The topological polar surface area (TPSA) is 39.1 Å². The summed E-state index contributed by atoms with van der Waals surface area (Å²) in [7, 11) is 1.98. The Morgan fingerprint density at radius 3 is 2.67 bits per heavy atom.